The number of nitrogens with zero attached hydrogens (tertiary/aromatic N) is 2. The number of rotatable bonds is 13. The zero-order valence-corrected chi connectivity index (χ0v) is 24.2. The third kappa shape index (κ3) is 10.2. The van der Waals surface area contributed by atoms with Crippen molar-refractivity contribution < 1.29 is 9.53 Å². The van der Waals surface area contributed by atoms with Gasteiger partial charge in [0.25, 0.3) is 0 Å². The number of carbonyl (C=O) groups excluding carboxylic acids is 1. The minimum atomic E-state index is -0.164. The monoisotopic (exact) mass is 538 g/mol. The van der Waals surface area contributed by atoms with Crippen molar-refractivity contribution in [2.75, 3.05) is 39.5 Å². The normalized spacial score (nSPS) is 13.6. The van der Waals surface area contributed by atoms with E-state index >= 15 is 0 Å². The molecule has 0 radical (unpaired) electrons. The lowest BCUT2D eigenvalue weighted by Crippen LogP contribution is -2.27. The van der Waals surface area contributed by atoms with Crippen LogP contribution in [0.2, 0.25) is 0 Å². The van der Waals surface area contributed by atoms with Crippen molar-refractivity contribution in [3.05, 3.63) is 114 Å². The number of amides is 1. The molecule has 6 heteroatoms. The fraction of sp³-hybridized carbons (Fsp3) is 0.294. The van der Waals surface area contributed by atoms with Crippen molar-refractivity contribution in [2.45, 2.75) is 32.6 Å². The zero-order chi connectivity index (χ0) is 28.9. The van der Waals surface area contributed by atoms with Crippen molar-refractivity contribution in [1.82, 2.24) is 9.80 Å². The average molecular weight is 539 g/mol. The fourth-order valence-corrected chi connectivity index (χ4v) is 4.08. The van der Waals surface area contributed by atoms with Crippen LogP contribution in [0.4, 0.5) is 5.69 Å². The van der Waals surface area contributed by atoms with E-state index in [4.69, 9.17) is 10.1 Å². The van der Waals surface area contributed by atoms with Gasteiger partial charge in [-0.25, -0.2) is 0 Å². The van der Waals surface area contributed by atoms with Gasteiger partial charge in [0.05, 0.1) is 0 Å². The summed E-state index contributed by atoms with van der Waals surface area (Å²) in [6.07, 6.45) is 12.7. The van der Waals surface area contributed by atoms with Gasteiger partial charge in [0.2, 0.25) is 5.91 Å². The number of allylic oxidation sites excluding steroid dienone is 7. The van der Waals surface area contributed by atoms with Gasteiger partial charge in [0.1, 0.15) is 5.76 Å². The first-order chi connectivity index (χ1) is 19.2. The Hall–Kier alpha value is -4.16. The molecule has 0 heterocycles. The third-order valence-corrected chi connectivity index (χ3v) is 6.55. The van der Waals surface area contributed by atoms with E-state index < -0.39 is 0 Å². The average Bonchev–Trinajstić information content (AvgIpc) is 2.95. The molecule has 3 rings (SSSR count). The highest BCUT2D eigenvalue weighted by molar-refractivity contribution is 5.94. The molecule has 0 bridgehead atoms. The van der Waals surface area contributed by atoms with Gasteiger partial charge in [-0.1, -0.05) is 67.3 Å². The summed E-state index contributed by atoms with van der Waals surface area (Å²) >= 11 is 0. The van der Waals surface area contributed by atoms with E-state index in [2.05, 4.69) is 60.1 Å². The van der Waals surface area contributed by atoms with Crippen molar-refractivity contribution in [3.8, 4) is 0 Å². The van der Waals surface area contributed by atoms with Crippen LogP contribution in [0.15, 0.2) is 103 Å². The fourth-order valence-electron chi connectivity index (χ4n) is 4.08. The molecule has 0 spiro atoms. The van der Waals surface area contributed by atoms with Crippen molar-refractivity contribution in [2.24, 2.45) is 0 Å². The molecule has 2 aromatic rings. The lowest BCUT2D eigenvalue weighted by molar-refractivity contribution is -0.116. The third-order valence-electron chi connectivity index (χ3n) is 6.55. The first kappa shape index (κ1) is 30.4. The first-order valence-electron chi connectivity index (χ1n) is 13.7. The standard InChI is InChI=1S/C34H42N4O2/c1-26(23-27(2)38(5)22-21-37(3)4)30-17-12-18-31(25-30)36-34(39)20-19-33(35)40-32(29-15-10-7-11-16-29)24-28-13-8-6-9-14-28/h7-8,10-18,23-25,35H,2,6,9,19-22H2,1,3-5H3,(H,36,39)/b26-23-,32-24+,35-33?. The molecule has 1 amide bonds. The lowest BCUT2D eigenvalue weighted by Gasteiger charge is -2.22. The Balaban J connectivity index is 1.57. The van der Waals surface area contributed by atoms with Gasteiger partial charge in [-0.2, -0.15) is 0 Å². The van der Waals surface area contributed by atoms with Crippen LogP contribution in [0, 0.1) is 5.41 Å². The maximum atomic E-state index is 12.7. The smallest absolute Gasteiger partial charge is 0.224 e. The molecule has 1 aliphatic rings. The predicted octanol–water partition coefficient (Wildman–Crippen LogP) is 7.13. The topological polar surface area (TPSA) is 68.7 Å². The van der Waals surface area contributed by atoms with Crippen LogP contribution in [0.5, 0.6) is 0 Å². The molecule has 6 nitrogen and oxygen atoms in total. The summed E-state index contributed by atoms with van der Waals surface area (Å²) in [5.74, 6) is 0.492. The summed E-state index contributed by atoms with van der Waals surface area (Å²) in [5, 5.41) is 11.4. The Morgan fingerprint density at radius 1 is 1.02 bits per heavy atom. The van der Waals surface area contributed by atoms with Gasteiger partial charge in [-0.15, -0.1) is 0 Å². The Kier molecular flexibility index (Phi) is 11.7. The molecule has 0 atom stereocenters. The Labute approximate surface area is 239 Å². The van der Waals surface area contributed by atoms with Crippen LogP contribution in [0.25, 0.3) is 11.3 Å². The van der Waals surface area contributed by atoms with Gasteiger partial charge in [0.15, 0.2) is 5.90 Å². The van der Waals surface area contributed by atoms with E-state index in [1.54, 1.807) is 0 Å². The number of nitrogens with one attached hydrogen (secondary N) is 2. The van der Waals surface area contributed by atoms with Crippen molar-refractivity contribution in [3.63, 3.8) is 0 Å². The highest BCUT2D eigenvalue weighted by Crippen LogP contribution is 2.23. The Morgan fingerprint density at radius 3 is 2.48 bits per heavy atom. The number of ether oxygens (including phenoxy) is 1. The summed E-state index contributed by atoms with van der Waals surface area (Å²) in [4.78, 5) is 17.0. The molecule has 0 unspecified atom stereocenters. The second-order valence-electron chi connectivity index (χ2n) is 10.3. The molecule has 1 aliphatic carbocycles. The summed E-state index contributed by atoms with van der Waals surface area (Å²) < 4.78 is 5.94. The van der Waals surface area contributed by atoms with Crippen molar-refractivity contribution in [1.29, 1.82) is 5.41 Å². The van der Waals surface area contributed by atoms with Crippen LogP contribution < -0.4 is 5.32 Å². The summed E-state index contributed by atoms with van der Waals surface area (Å²) in [6.45, 7) is 8.09. The van der Waals surface area contributed by atoms with Gasteiger partial charge in [-0.3, -0.25) is 10.2 Å². The largest absolute Gasteiger partial charge is 0.443 e. The van der Waals surface area contributed by atoms with Crippen molar-refractivity contribution >= 4 is 28.8 Å². The predicted molar refractivity (Wildman–Crippen MR) is 168 cm³/mol. The summed E-state index contributed by atoms with van der Waals surface area (Å²) in [6, 6.07) is 17.5. The van der Waals surface area contributed by atoms with Gasteiger partial charge < -0.3 is 19.9 Å². The second-order valence-corrected chi connectivity index (χ2v) is 10.3. The zero-order valence-electron chi connectivity index (χ0n) is 24.2. The maximum Gasteiger partial charge on any atom is 0.224 e. The molecule has 2 N–H and O–H groups in total. The molecular weight excluding hydrogens is 496 g/mol. The van der Waals surface area contributed by atoms with Crippen LogP contribution in [-0.4, -0.2) is 55.8 Å². The summed E-state index contributed by atoms with van der Waals surface area (Å²) in [7, 11) is 6.15. The molecule has 0 fully saturated rings. The van der Waals surface area contributed by atoms with Crippen LogP contribution in [-0.2, 0) is 9.53 Å². The second kappa shape index (κ2) is 15.4. The highest BCUT2D eigenvalue weighted by Gasteiger charge is 2.11. The molecule has 0 saturated carbocycles. The highest BCUT2D eigenvalue weighted by atomic mass is 16.5. The van der Waals surface area contributed by atoms with Crippen LogP contribution in [0.3, 0.4) is 0 Å². The van der Waals surface area contributed by atoms with Crippen LogP contribution >= 0.6 is 0 Å². The summed E-state index contributed by atoms with van der Waals surface area (Å²) in [5.41, 5.74) is 5.69. The molecule has 40 heavy (non-hydrogen) atoms. The van der Waals surface area contributed by atoms with E-state index in [1.807, 2.05) is 74.6 Å². The molecule has 0 aliphatic heterocycles. The van der Waals surface area contributed by atoms with E-state index in [9.17, 15) is 4.79 Å². The SMILES string of the molecule is C=C(/C=C(/C)c1cccc(NC(=O)CCC(=N)O/C(=C/C2=CCCC=C2)c2ccccc2)c1)N(C)CCN(C)C. The van der Waals surface area contributed by atoms with E-state index in [-0.39, 0.29) is 24.6 Å². The molecular formula is C34H42N4O2. The van der Waals surface area contributed by atoms with Gasteiger partial charge in [0, 0.05) is 49.9 Å². The molecule has 0 aromatic heterocycles. The minimum absolute atomic E-state index is 0.0510. The maximum absolute atomic E-state index is 12.7. The van der Waals surface area contributed by atoms with E-state index in [1.165, 1.54) is 0 Å². The first-order valence-corrected chi connectivity index (χ1v) is 13.7. The molecule has 210 valence electrons. The number of benzene rings is 2. The van der Waals surface area contributed by atoms with Crippen LogP contribution in [0.1, 0.15) is 43.7 Å². The molecule has 0 saturated heterocycles. The van der Waals surface area contributed by atoms with Gasteiger partial charge >= 0.3 is 0 Å². The van der Waals surface area contributed by atoms with E-state index in [0.29, 0.717) is 5.76 Å². The Bertz CT molecular complexity index is 1300. The molecule has 2 aromatic carbocycles. The number of hydrogen-bond donors (Lipinski definition) is 2. The lowest BCUT2D eigenvalue weighted by atomic mass is 10.0. The minimum Gasteiger partial charge on any atom is -0.443 e. The number of hydrogen-bond acceptors (Lipinski definition) is 5. The quantitative estimate of drug-likeness (QED) is 0.123. The van der Waals surface area contributed by atoms with Gasteiger partial charge in [-0.05, 0) is 74.9 Å². The van der Waals surface area contributed by atoms with E-state index in [0.717, 1.165) is 59.6 Å². The number of carbonyl (C=O) groups is 1. The number of likely N-dealkylation sites (N-methyl/N-ethyl adjacent to an activating group) is 2. The Morgan fingerprint density at radius 2 is 1.77 bits per heavy atom. The number of anilines is 1.